The van der Waals surface area contributed by atoms with Crippen molar-refractivity contribution in [1.29, 1.82) is 0 Å². The van der Waals surface area contributed by atoms with Crippen LogP contribution in [0.1, 0.15) is 52.1 Å². The third kappa shape index (κ3) is 4.14. The van der Waals surface area contributed by atoms with Crippen LogP contribution >= 0.6 is 0 Å². The van der Waals surface area contributed by atoms with E-state index in [9.17, 15) is 14.4 Å². The Hall–Kier alpha value is -3.19. The quantitative estimate of drug-likeness (QED) is 0.503. The third-order valence-corrected chi connectivity index (χ3v) is 4.87. The van der Waals surface area contributed by atoms with Crippen molar-refractivity contribution in [3.63, 3.8) is 0 Å². The molecule has 7 nitrogen and oxygen atoms in total. The summed E-state index contributed by atoms with van der Waals surface area (Å²) in [5.41, 5.74) is 8.18. The highest BCUT2D eigenvalue weighted by Gasteiger charge is 2.33. The van der Waals surface area contributed by atoms with Crippen LogP contribution in [0.5, 0.6) is 0 Å². The molecular formula is C22H25N3O4. The van der Waals surface area contributed by atoms with Crippen molar-refractivity contribution in [3.8, 4) is 0 Å². The summed E-state index contributed by atoms with van der Waals surface area (Å²) in [6.07, 6.45) is 0.683. The molecule has 0 saturated carbocycles. The molecule has 0 saturated heterocycles. The number of benzene rings is 2. The smallest absolute Gasteiger partial charge is 0.302 e. The van der Waals surface area contributed by atoms with Crippen LogP contribution in [0.4, 0.5) is 11.4 Å². The highest BCUT2D eigenvalue weighted by molar-refractivity contribution is 6.31. The lowest BCUT2D eigenvalue weighted by Gasteiger charge is -2.25. The molecule has 3 rings (SSSR count). The van der Waals surface area contributed by atoms with Gasteiger partial charge in [0.15, 0.2) is 11.6 Å². The highest BCUT2D eigenvalue weighted by Crippen LogP contribution is 2.35. The first-order valence-electron chi connectivity index (χ1n) is 9.67. The molecule has 0 fully saturated rings. The van der Waals surface area contributed by atoms with Crippen LogP contribution in [0.15, 0.2) is 36.4 Å². The predicted molar refractivity (Wildman–Crippen MR) is 112 cm³/mol. The van der Waals surface area contributed by atoms with Gasteiger partial charge in [-0.25, -0.2) is 0 Å². The minimum atomic E-state index is -0.363. The van der Waals surface area contributed by atoms with E-state index in [0.29, 0.717) is 53.1 Å². The molecule has 152 valence electrons. The first-order chi connectivity index (χ1) is 14.0. The molecule has 4 N–H and O–H groups in total. The Morgan fingerprint density at radius 2 is 1.62 bits per heavy atom. The molecule has 1 atom stereocenters. The molecule has 1 aliphatic carbocycles. The second-order valence-electron chi connectivity index (χ2n) is 6.88. The zero-order valence-electron chi connectivity index (χ0n) is 16.6. The lowest BCUT2D eigenvalue weighted by Crippen LogP contribution is -2.29. The summed E-state index contributed by atoms with van der Waals surface area (Å²) in [6, 6.07) is 10.2. The van der Waals surface area contributed by atoms with Gasteiger partial charge in [0.05, 0.1) is 17.2 Å². The standard InChI is InChI=1S/C22H25N3O4/c1-3-14(12-29-13(2)26)25-18-9-5-7-16-20(18)22(28)15-6-4-8-17(24-11-10-23)19(15)21(16)27/h4-9,14,24-25H,3,10-12,23H2,1-2H3. The van der Waals surface area contributed by atoms with E-state index in [1.807, 2.05) is 6.92 Å². The average Bonchev–Trinajstić information content (AvgIpc) is 2.72. The van der Waals surface area contributed by atoms with Gasteiger partial charge in [-0.05, 0) is 18.6 Å². The van der Waals surface area contributed by atoms with Crippen LogP contribution < -0.4 is 16.4 Å². The van der Waals surface area contributed by atoms with Crippen molar-refractivity contribution < 1.29 is 19.1 Å². The summed E-state index contributed by atoms with van der Waals surface area (Å²) in [7, 11) is 0. The van der Waals surface area contributed by atoms with Gasteiger partial charge in [0.25, 0.3) is 0 Å². The number of hydrogen-bond donors (Lipinski definition) is 3. The number of ether oxygens (including phenoxy) is 1. The van der Waals surface area contributed by atoms with Gasteiger partial charge in [-0.3, -0.25) is 14.4 Å². The fraction of sp³-hybridized carbons (Fsp3) is 0.318. The molecular weight excluding hydrogens is 370 g/mol. The van der Waals surface area contributed by atoms with E-state index >= 15 is 0 Å². The Balaban J connectivity index is 1.99. The molecule has 0 radical (unpaired) electrons. The van der Waals surface area contributed by atoms with Gasteiger partial charge in [0.2, 0.25) is 0 Å². The maximum Gasteiger partial charge on any atom is 0.302 e. The Bertz CT molecular complexity index is 955. The van der Waals surface area contributed by atoms with Crippen molar-refractivity contribution in [3.05, 3.63) is 58.7 Å². The zero-order chi connectivity index (χ0) is 21.0. The number of hydrogen-bond acceptors (Lipinski definition) is 7. The summed E-state index contributed by atoms with van der Waals surface area (Å²) >= 11 is 0. The van der Waals surface area contributed by atoms with E-state index < -0.39 is 0 Å². The number of carbonyl (C=O) groups is 3. The summed E-state index contributed by atoms with van der Waals surface area (Å²) < 4.78 is 5.10. The Kier molecular flexibility index (Phi) is 6.29. The number of rotatable bonds is 8. The Morgan fingerprint density at radius 1 is 1.03 bits per heavy atom. The fourth-order valence-corrected chi connectivity index (χ4v) is 3.42. The normalized spacial score (nSPS) is 13.3. The van der Waals surface area contributed by atoms with Gasteiger partial charge in [-0.2, -0.15) is 0 Å². The maximum atomic E-state index is 13.3. The maximum absolute atomic E-state index is 13.3. The van der Waals surface area contributed by atoms with Gasteiger partial charge in [-0.15, -0.1) is 0 Å². The van der Waals surface area contributed by atoms with E-state index in [-0.39, 0.29) is 30.2 Å². The number of fused-ring (bicyclic) bond motifs is 2. The van der Waals surface area contributed by atoms with Crippen molar-refractivity contribution in [2.75, 3.05) is 30.3 Å². The molecule has 29 heavy (non-hydrogen) atoms. The molecule has 0 spiro atoms. The summed E-state index contributed by atoms with van der Waals surface area (Å²) in [5, 5.41) is 6.39. The molecule has 1 unspecified atom stereocenters. The van der Waals surface area contributed by atoms with Crippen LogP contribution in [-0.4, -0.2) is 43.3 Å². The molecule has 0 amide bonds. The lowest BCUT2D eigenvalue weighted by molar-refractivity contribution is -0.141. The van der Waals surface area contributed by atoms with E-state index in [1.54, 1.807) is 36.4 Å². The minimum absolute atomic E-state index is 0.174. The van der Waals surface area contributed by atoms with Crippen molar-refractivity contribution in [2.45, 2.75) is 26.3 Å². The minimum Gasteiger partial charge on any atom is -0.464 e. The highest BCUT2D eigenvalue weighted by atomic mass is 16.5. The summed E-state index contributed by atoms with van der Waals surface area (Å²) in [4.78, 5) is 37.7. The van der Waals surface area contributed by atoms with E-state index in [0.717, 1.165) is 0 Å². The first-order valence-corrected chi connectivity index (χ1v) is 9.67. The fourth-order valence-electron chi connectivity index (χ4n) is 3.42. The number of anilines is 2. The van der Waals surface area contributed by atoms with Gasteiger partial charge < -0.3 is 21.1 Å². The van der Waals surface area contributed by atoms with E-state index in [2.05, 4.69) is 10.6 Å². The molecule has 1 aliphatic rings. The van der Waals surface area contributed by atoms with Gasteiger partial charge in [0, 0.05) is 42.5 Å². The van der Waals surface area contributed by atoms with Gasteiger partial charge in [-0.1, -0.05) is 31.2 Å². The molecule has 0 aliphatic heterocycles. The van der Waals surface area contributed by atoms with Gasteiger partial charge in [0.1, 0.15) is 6.61 Å². The number of carbonyl (C=O) groups excluding carboxylic acids is 3. The number of nitrogens with one attached hydrogen (secondary N) is 2. The van der Waals surface area contributed by atoms with Gasteiger partial charge >= 0.3 is 5.97 Å². The van der Waals surface area contributed by atoms with Crippen molar-refractivity contribution in [2.24, 2.45) is 5.73 Å². The Morgan fingerprint density at radius 3 is 2.17 bits per heavy atom. The van der Waals surface area contributed by atoms with E-state index in [4.69, 9.17) is 10.5 Å². The molecule has 2 aromatic rings. The lowest BCUT2D eigenvalue weighted by atomic mass is 9.82. The molecule has 2 aromatic carbocycles. The molecule has 0 bridgehead atoms. The first kappa shape index (κ1) is 20.5. The molecule has 7 heteroatoms. The molecule has 0 heterocycles. The SMILES string of the molecule is CCC(COC(C)=O)Nc1cccc2c1C(=O)c1cccc(NCCN)c1C2=O. The largest absolute Gasteiger partial charge is 0.464 e. The average molecular weight is 395 g/mol. The number of ketones is 2. The van der Waals surface area contributed by atoms with Crippen molar-refractivity contribution in [1.82, 2.24) is 0 Å². The van der Waals surface area contributed by atoms with Crippen molar-refractivity contribution >= 4 is 28.9 Å². The third-order valence-electron chi connectivity index (χ3n) is 4.87. The number of nitrogens with two attached hydrogens (primary N) is 1. The summed E-state index contributed by atoms with van der Waals surface area (Å²) in [6.45, 7) is 4.40. The summed E-state index contributed by atoms with van der Waals surface area (Å²) in [5.74, 6) is -0.777. The topological polar surface area (TPSA) is 111 Å². The monoisotopic (exact) mass is 395 g/mol. The van der Waals surface area contributed by atoms with Crippen LogP contribution in [0, 0.1) is 0 Å². The van der Waals surface area contributed by atoms with Crippen LogP contribution in [0.3, 0.4) is 0 Å². The zero-order valence-corrected chi connectivity index (χ0v) is 16.6. The molecule has 0 aromatic heterocycles. The van der Waals surface area contributed by atoms with Crippen LogP contribution in [0.25, 0.3) is 0 Å². The Labute approximate surface area is 169 Å². The second-order valence-corrected chi connectivity index (χ2v) is 6.88. The number of esters is 1. The predicted octanol–water partition coefficient (Wildman–Crippen LogP) is 2.59. The second kappa shape index (κ2) is 8.87. The van der Waals surface area contributed by atoms with Crippen LogP contribution in [0.2, 0.25) is 0 Å². The van der Waals surface area contributed by atoms with Crippen LogP contribution in [-0.2, 0) is 9.53 Å². The van der Waals surface area contributed by atoms with E-state index in [1.165, 1.54) is 6.92 Å².